The van der Waals surface area contributed by atoms with Crippen molar-refractivity contribution in [2.75, 3.05) is 11.9 Å². The molecule has 16 heavy (non-hydrogen) atoms. The van der Waals surface area contributed by atoms with E-state index in [9.17, 15) is 5.11 Å². The van der Waals surface area contributed by atoms with E-state index in [1.165, 1.54) is 0 Å². The summed E-state index contributed by atoms with van der Waals surface area (Å²) in [5.41, 5.74) is 1.80. The van der Waals surface area contributed by atoms with Crippen LogP contribution >= 0.6 is 0 Å². The van der Waals surface area contributed by atoms with Crippen molar-refractivity contribution < 1.29 is 5.11 Å². The van der Waals surface area contributed by atoms with Gasteiger partial charge in [-0.3, -0.25) is 0 Å². The van der Waals surface area contributed by atoms with Gasteiger partial charge in [-0.15, -0.1) is 0 Å². The van der Waals surface area contributed by atoms with E-state index in [4.69, 9.17) is 5.26 Å². The number of aliphatic hydroxyl groups excluding tert-OH is 1. The predicted octanol–water partition coefficient (Wildman–Crippen LogP) is 1.75. The average Bonchev–Trinajstić information content (AvgIpc) is 2.16. The molecule has 0 aliphatic rings. The Balaban J connectivity index is 3.18. The Hall–Kier alpha value is -1.60. The molecule has 0 aliphatic heterocycles. The standard InChI is InChI=1S/C12H17N3O/c1-8-5-9(2)14-11(10(8)6-13)15-12(3,4)7-16/h5,16H,7H2,1-4H3,(H,14,15). The monoisotopic (exact) mass is 219 g/mol. The highest BCUT2D eigenvalue weighted by atomic mass is 16.3. The molecule has 0 bridgehead atoms. The van der Waals surface area contributed by atoms with Gasteiger partial charge in [-0.2, -0.15) is 5.26 Å². The highest BCUT2D eigenvalue weighted by Crippen LogP contribution is 2.20. The summed E-state index contributed by atoms with van der Waals surface area (Å²) in [7, 11) is 0. The van der Waals surface area contributed by atoms with Crippen molar-refractivity contribution in [3.63, 3.8) is 0 Å². The van der Waals surface area contributed by atoms with Crippen LogP contribution in [0.2, 0.25) is 0 Å². The van der Waals surface area contributed by atoms with Crippen molar-refractivity contribution in [2.45, 2.75) is 33.2 Å². The van der Waals surface area contributed by atoms with Crippen LogP contribution in [0.25, 0.3) is 0 Å². The molecule has 0 unspecified atom stereocenters. The molecule has 2 N–H and O–H groups in total. The zero-order valence-electron chi connectivity index (χ0n) is 10.1. The van der Waals surface area contributed by atoms with Gasteiger partial charge in [0.2, 0.25) is 0 Å². The Morgan fingerprint density at radius 1 is 1.50 bits per heavy atom. The Morgan fingerprint density at radius 3 is 2.62 bits per heavy atom. The summed E-state index contributed by atoms with van der Waals surface area (Å²) in [5.74, 6) is 0.541. The van der Waals surface area contributed by atoms with Crippen molar-refractivity contribution in [1.29, 1.82) is 5.26 Å². The second-order valence-corrected chi connectivity index (χ2v) is 4.58. The number of nitriles is 1. The first-order valence-electron chi connectivity index (χ1n) is 5.17. The lowest BCUT2D eigenvalue weighted by Gasteiger charge is -2.25. The van der Waals surface area contributed by atoms with Crippen LogP contribution in [0.5, 0.6) is 0 Å². The van der Waals surface area contributed by atoms with Crippen LogP contribution in [0.3, 0.4) is 0 Å². The van der Waals surface area contributed by atoms with E-state index < -0.39 is 5.54 Å². The number of anilines is 1. The lowest BCUT2D eigenvalue weighted by atomic mass is 10.1. The second kappa shape index (κ2) is 4.50. The molecule has 0 aromatic carbocycles. The SMILES string of the molecule is Cc1cc(C)c(C#N)c(NC(C)(C)CO)n1. The van der Waals surface area contributed by atoms with Gasteiger partial charge in [-0.05, 0) is 39.3 Å². The number of hydrogen-bond donors (Lipinski definition) is 2. The fraction of sp³-hybridized carbons (Fsp3) is 0.500. The van der Waals surface area contributed by atoms with Crippen LogP contribution in [0.4, 0.5) is 5.82 Å². The highest BCUT2D eigenvalue weighted by molar-refractivity contribution is 5.57. The minimum Gasteiger partial charge on any atom is -0.394 e. The van der Waals surface area contributed by atoms with E-state index in [0.717, 1.165) is 11.3 Å². The maximum absolute atomic E-state index is 9.18. The van der Waals surface area contributed by atoms with Gasteiger partial charge in [0.25, 0.3) is 0 Å². The maximum Gasteiger partial charge on any atom is 0.144 e. The zero-order chi connectivity index (χ0) is 12.3. The summed E-state index contributed by atoms with van der Waals surface area (Å²) in [5, 5.41) is 21.3. The van der Waals surface area contributed by atoms with Gasteiger partial charge >= 0.3 is 0 Å². The van der Waals surface area contributed by atoms with E-state index in [2.05, 4.69) is 16.4 Å². The lowest BCUT2D eigenvalue weighted by Crippen LogP contribution is -2.35. The van der Waals surface area contributed by atoms with Gasteiger partial charge in [-0.25, -0.2) is 4.98 Å². The quantitative estimate of drug-likeness (QED) is 0.812. The summed E-state index contributed by atoms with van der Waals surface area (Å²) in [6.07, 6.45) is 0. The van der Waals surface area contributed by atoms with Crippen LogP contribution in [-0.4, -0.2) is 22.2 Å². The van der Waals surface area contributed by atoms with Crippen molar-refractivity contribution in [3.8, 4) is 6.07 Å². The summed E-state index contributed by atoms with van der Waals surface area (Å²) in [6, 6.07) is 4.00. The topological polar surface area (TPSA) is 68.9 Å². The van der Waals surface area contributed by atoms with Gasteiger partial charge in [0.15, 0.2) is 0 Å². The summed E-state index contributed by atoms with van der Waals surface area (Å²) in [4.78, 5) is 4.29. The van der Waals surface area contributed by atoms with E-state index in [-0.39, 0.29) is 6.61 Å². The molecule has 0 spiro atoms. The van der Waals surface area contributed by atoms with Gasteiger partial charge in [-0.1, -0.05) is 0 Å². The average molecular weight is 219 g/mol. The number of rotatable bonds is 3. The molecule has 86 valence electrons. The molecule has 0 atom stereocenters. The van der Waals surface area contributed by atoms with E-state index in [1.807, 2.05) is 33.8 Å². The lowest BCUT2D eigenvalue weighted by molar-refractivity contribution is 0.234. The van der Waals surface area contributed by atoms with Crippen molar-refractivity contribution in [1.82, 2.24) is 4.98 Å². The molecular formula is C12H17N3O. The van der Waals surface area contributed by atoms with E-state index in [1.54, 1.807) is 0 Å². The fourth-order valence-electron chi connectivity index (χ4n) is 1.43. The first-order valence-corrected chi connectivity index (χ1v) is 5.17. The molecule has 1 heterocycles. The molecular weight excluding hydrogens is 202 g/mol. The van der Waals surface area contributed by atoms with Gasteiger partial charge < -0.3 is 10.4 Å². The molecule has 4 nitrogen and oxygen atoms in total. The smallest absolute Gasteiger partial charge is 0.144 e. The summed E-state index contributed by atoms with van der Waals surface area (Å²) >= 11 is 0. The number of nitrogens with one attached hydrogen (secondary N) is 1. The molecule has 0 fully saturated rings. The molecule has 0 aliphatic carbocycles. The first kappa shape index (κ1) is 12.5. The molecule has 4 heteroatoms. The number of nitrogens with zero attached hydrogens (tertiary/aromatic N) is 2. The van der Waals surface area contributed by atoms with Crippen molar-refractivity contribution >= 4 is 5.82 Å². The van der Waals surface area contributed by atoms with Gasteiger partial charge in [0.1, 0.15) is 11.9 Å². The summed E-state index contributed by atoms with van der Waals surface area (Å²) < 4.78 is 0. The van der Waals surface area contributed by atoms with Gasteiger partial charge in [0, 0.05) is 5.69 Å². The molecule has 1 aromatic rings. The minimum atomic E-state index is -0.487. The third-order valence-electron chi connectivity index (χ3n) is 2.31. The fourth-order valence-corrected chi connectivity index (χ4v) is 1.43. The first-order chi connectivity index (χ1) is 7.39. The summed E-state index contributed by atoms with van der Waals surface area (Å²) in [6.45, 7) is 7.45. The van der Waals surface area contributed by atoms with Crippen LogP contribution in [0.15, 0.2) is 6.07 Å². The number of aromatic nitrogens is 1. The number of aryl methyl sites for hydroxylation is 2. The van der Waals surface area contributed by atoms with Crippen LogP contribution in [0.1, 0.15) is 30.7 Å². The maximum atomic E-state index is 9.18. The molecule has 0 amide bonds. The van der Waals surface area contributed by atoms with Crippen molar-refractivity contribution in [2.24, 2.45) is 0 Å². The number of pyridine rings is 1. The van der Waals surface area contributed by atoms with Gasteiger partial charge in [0.05, 0.1) is 17.7 Å². The Labute approximate surface area is 95.9 Å². The van der Waals surface area contributed by atoms with Crippen molar-refractivity contribution in [3.05, 3.63) is 22.9 Å². The molecule has 1 aromatic heterocycles. The Bertz CT molecular complexity index is 433. The van der Waals surface area contributed by atoms with Crippen LogP contribution in [-0.2, 0) is 0 Å². The van der Waals surface area contributed by atoms with E-state index >= 15 is 0 Å². The molecule has 0 saturated heterocycles. The normalized spacial score (nSPS) is 11.0. The highest BCUT2D eigenvalue weighted by Gasteiger charge is 2.19. The Kier molecular flexibility index (Phi) is 3.51. The molecule has 1 rings (SSSR count). The van der Waals surface area contributed by atoms with E-state index in [0.29, 0.717) is 11.4 Å². The number of aliphatic hydroxyl groups is 1. The van der Waals surface area contributed by atoms with Crippen LogP contribution in [0, 0.1) is 25.2 Å². The number of hydrogen-bond acceptors (Lipinski definition) is 4. The second-order valence-electron chi connectivity index (χ2n) is 4.58. The third-order valence-corrected chi connectivity index (χ3v) is 2.31. The minimum absolute atomic E-state index is 0.0213. The van der Waals surface area contributed by atoms with Crippen LogP contribution < -0.4 is 5.32 Å². The third kappa shape index (κ3) is 2.71. The largest absolute Gasteiger partial charge is 0.394 e. The molecule has 0 saturated carbocycles. The zero-order valence-corrected chi connectivity index (χ0v) is 10.1. The predicted molar refractivity (Wildman–Crippen MR) is 63.2 cm³/mol. The Morgan fingerprint density at radius 2 is 2.12 bits per heavy atom. The molecule has 0 radical (unpaired) electrons.